The van der Waals surface area contributed by atoms with Crippen molar-refractivity contribution in [3.05, 3.63) is 107 Å². The van der Waals surface area contributed by atoms with Crippen LogP contribution in [0.4, 0.5) is 4.39 Å². The van der Waals surface area contributed by atoms with E-state index in [0.717, 1.165) is 22.2 Å². The van der Waals surface area contributed by atoms with Crippen LogP contribution in [0.25, 0.3) is 16.6 Å². The number of hydrogen-bond acceptors (Lipinski definition) is 6. The summed E-state index contributed by atoms with van der Waals surface area (Å²) in [5.74, 6) is 0.608. The number of aromatic nitrogens is 4. The number of fused-ring (bicyclic) bond motifs is 1. The third-order valence-corrected chi connectivity index (χ3v) is 8.37. The highest BCUT2D eigenvalue weighted by Gasteiger charge is 2.22. The summed E-state index contributed by atoms with van der Waals surface area (Å²) in [6, 6.07) is 20.3. The molecular weight excluding hydrogens is 533 g/mol. The van der Waals surface area contributed by atoms with Crippen molar-refractivity contribution in [1.82, 2.24) is 24.5 Å². The van der Waals surface area contributed by atoms with Gasteiger partial charge in [0.05, 0.1) is 17.7 Å². The number of aryl methyl sites for hydroxylation is 1. The molecule has 11 heteroatoms. The van der Waals surface area contributed by atoms with Gasteiger partial charge in [-0.05, 0) is 54.4 Å². The van der Waals surface area contributed by atoms with Gasteiger partial charge >= 0.3 is 0 Å². The number of halogens is 2. The summed E-state index contributed by atoms with van der Waals surface area (Å²) in [7, 11) is -3.91. The zero-order valence-electron chi connectivity index (χ0n) is 19.6. The summed E-state index contributed by atoms with van der Waals surface area (Å²) in [6.45, 7) is 1.82. The Kier molecular flexibility index (Phi) is 7.25. The molecule has 0 spiro atoms. The van der Waals surface area contributed by atoms with Gasteiger partial charge in [-0.25, -0.2) is 17.5 Å². The number of nitrogens with zero attached hydrogens (tertiary/aromatic N) is 4. The van der Waals surface area contributed by atoms with E-state index in [4.69, 9.17) is 11.6 Å². The molecule has 5 aromatic rings. The van der Waals surface area contributed by atoms with E-state index in [2.05, 4.69) is 19.9 Å². The van der Waals surface area contributed by atoms with Gasteiger partial charge in [-0.15, -0.1) is 10.2 Å². The normalized spacial score (nSPS) is 11.8. The van der Waals surface area contributed by atoms with Crippen molar-refractivity contribution < 1.29 is 12.8 Å². The summed E-state index contributed by atoms with van der Waals surface area (Å²) < 4.78 is 44.3. The average Bonchev–Trinajstić information content (AvgIpc) is 3.31. The van der Waals surface area contributed by atoms with E-state index in [9.17, 15) is 12.8 Å². The summed E-state index contributed by atoms with van der Waals surface area (Å²) in [5, 5.41) is 10.4. The number of hydrogen-bond donors (Lipinski definition) is 1. The van der Waals surface area contributed by atoms with E-state index in [-0.39, 0.29) is 17.3 Å². The van der Waals surface area contributed by atoms with E-state index in [0.29, 0.717) is 27.3 Å². The molecule has 0 aliphatic heterocycles. The topological polar surface area (TPSA) is 89.8 Å². The molecule has 0 saturated heterocycles. The second kappa shape index (κ2) is 10.6. The molecule has 5 rings (SSSR count). The van der Waals surface area contributed by atoms with E-state index in [1.54, 1.807) is 47.2 Å². The monoisotopic (exact) mass is 553 g/mol. The lowest BCUT2D eigenvalue weighted by Gasteiger charge is -2.14. The molecule has 0 unspecified atom stereocenters. The molecule has 188 valence electrons. The lowest BCUT2D eigenvalue weighted by Crippen LogP contribution is -2.25. The van der Waals surface area contributed by atoms with Crippen molar-refractivity contribution in [2.24, 2.45) is 0 Å². The minimum absolute atomic E-state index is 0.0847. The molecular formula is C26H21ClFN5O2S2. The zero-order chi connectivity index (χ0) is 26.0. The Morgan fingerprint density at radius 1 is 1.03 bits per heavy atom. The number of nitrogens with one attached hydrogen (secondary N) is 1. The number of sulfonamides is 1. The van der Waals surface area contributed by atoms with Crippen molar-refractivity contribution in [3.8, 4) is 5.69 Å². The summed E-state index contributed by atoms with van der Waals surface area (Å²) in [6.07, 6.45) is 1.56. The molecule has 0 fully saturated rings. The van der Waals surface area contributed by atoms with Crippen molar-refractivity contribution >= 4 is 44.3 Å². The van der Waals surface area contributed by atoms with Gasteiger partial charge in [-0.2, -0.15) is 0 Å². The molecule has 0 amide bonds. The van der Waals surface area contributed by atoms with Gasteiger partial charge in [-0.1, -0.05) is 59.8 Å². The molecule has 0 aliphatic rings. The lowest BCUT2D eigenvalue weighted by molar-refractivity contribution is 0.579. The molecule has 2 heterocycles. The summed E-state index contributed by atoms with van der Waals surface area (Å²) >= 11 is 7.70. The second-order valence-electron chi connectivity index (χ2n) is 8.24. The predicted octanol–water partition coefficient (Wildman–Crippen LogP) is 5.69. The van der Waals surface area contributed by atoms with Gasteiger partial charge in [0.2, 0.25) is 10.0 Å². The first-order valence-electron chi connectivity index (χ1n) is 11.2. The van der Waals surface area contributed by atoms with Crippen LogP contribution in [0, 0.1) is 12.7 Å². The van der Waals surface area contributed by atoms with Crippen molar-refractivity contribution in [3.63, 3.8) is 0 Å². The van der Waals surface area contributed by atoms with Gasteiger partial charge in [0, 0.05) is 22.4 Å². The predicted molar refractivity (Wildman–Crippen MR) is 143 cm³/mol. The van der Waals surface area contributed by atoms with E-state index < -0.39 is 10.0 Å². The molecule has 0 atom stereocenters. The lowest BCUT2D eigenvalue weighted by atomic mass is 10.2. The van der Waals surface area contributed by atoms with E-state index in [1.165, 1.54) is 30.0 Å². The maximum atomic E-state index is 13.3. The van der Waals surface area contributed by atoms with Gasteiger partial charge < -0.3 is 0 Å². The van der Waals surface area contributed by atoms with Crippen LogP contribution in [0.2, 0.25) is 5.02 Å². The van der Waals surface area contributed by atoms with Gasteiger partial charge in [0.1, 0.15) is 10.7 Å². The van der Waals surface area contributed by atoms with Crippen LogP contribution in [-0.4, -0.2) is 28.2 Å². The molecule has 0 saturated carbocycles. The number of pyridine rings is 1. The molecule has 3 aromatic carbocycles. The Labute approximate surface area is 222 Å². The fourth-order valence-corrected chi connectivity index (χ4v) is 6.08. The third kappa shape index (κ3) is 5.52. The Morgan fingerprint density at radius 2 is 1.81 bits per heavy atom. The van der Waals surface area contributed by atoms with Gasteiger partial charge in [0.25, 0.3) is 0 Å². The molecule has 2 aromatic heterocycles. The fourth-order valence-electron chi connectivity index (χ4n) is 3.83. The number of benzene rings is 3. The average molecular weight is 554 g/mol. The number of rotatable bonds is 8. The van der Waals surface area contributed by atoms with Crippen molar-refractivity contribution in [2.75, 3.05) is 0 Å². The molecule has 7 nitrogen and oxygen atoms in total. The Bertz CT molecular complexity index is 1690. The largest absolute Gasteiger partial charge is 0.273 e. The zero-order valence-corrected chi connectivity index (χ0v) is 22.0. The molecule has 0 bridgehead atoms. The van der Waals surface area contributed by atoms with Gasteiger partial charge in [-0.3, -0.25) is 9.55 Å². The summed E-state index contributed by atoms with van der Waals surface area (Å²) in [5.41, 5.74) is 2.95. The van der Waals surface area contributed by atoms with Crippen LogP contribution in [0.1, 0.15) is 17.0 Å². The Hall–Kier alpha value is -3.31. The third-order valence-electron chi connectivity index (χ3n) is 5.70. The first-order chi connectivity index (χ1) is 17.8. The highest BCUT2D eigenvalue weighted by Crippen LogP contribution is 2.29. The minimum atomic E-state index is -3.91. The van der Waals surface area contributed by atoms with Gasteiger partial charge in [0.15, 0.2) is 11.0 Å². The first-order valence-corrected chi connectivity index (χ1v) is 14.1. The first kappa shape index (κ1) is 25.3. The van der Waals surface area contributed by atoms with E-state index in [1.807, 2.05) is 25.1 Å². The molecule has 1 N–H and O–H groups in total. The van der Waals surface area contributed by atoms with Crippen molar-refractivity contribution in [2.45, 2.75) is 29.3 Å². The highest BCUT2D eigenvalue weighted by atomic mass is 35.5. The van der Waals surface area contributed by atoms with Crippen LogP contribution in [-0.2, 0) is 22.3 Å². The fraction of sp³-hybridized carbons (Fsp3) is 0.115. The van der Waals surface area contributed by atoms with Crippen LogP contribution in [0.15, 0.2) is 89.0 Å². The van der Waals surface area contributed by atoms with Crippen LogP contribution in [0.3, 0.4) is 0 Å². The standard InChI is InChI=1S/C26H21ClFN5O2S2/c1-17-7-10-20(27)14-22(17)33-24(31-32-26(33)36-16-18-8-11-21(28)12-9-18)15-30-37(34,35)23-6-2-4-19-5-3-13-29-25(19)23/h2-14,30H,15-16H2,1H3. The quantitative estimate of drug-likeness (QED) is 0.248. The van der Waals surface area contributed by atoms with E-state index >= 15 is 0 Å². The molecule has 0 radical (unpaired) electrons. The second-order valence-corrected chi connectivity index (χ2v) is 11.4. The van der Waals surface area contributed by atoms with Crippen LogP contribution >= 0.6 is 23.4 Å². The number of thioether (sulfide) groups is 1. The Balaban J connectivity index is 1.47. The number of para-hydroxylation sites is 1. The molecule has 0 aliphatic carbocycles. The molecule has 37 heavy (non-hydrogen) atoms. The smallest absolute Gasteiger partial charge is 0.243 e. The highest BCUT2D eigenvalue weighted by molar-refractivity contribution is 7.98. The van der Waals surface area contributed by atoms with Crippen LogP contribution in [0.5, 0.6) is 0 Å². The SMILES string of the molecule is Cc1ccc(Cl)cc1-n1c(CNS(=O)(=O)c2cccc3cccnc23)nnc1SCc1ccc(F)cc1. The Morgan fingerprint density at radius 3 is 2.62 bits per heavy atom. The maximum absolute atomic E-state index is 13.3. The minimum Gasteiger partial charge on any atom is -0.273 e. The van der Waals surface area contributed by atoms with Crippen molar-refractivity contribution in [1.29, 1.82) is 0 Å². The maximum Gasteiger partial charge on any atom is 0.243 e. The summed E-state index contributed by atoms with van der Waals surface area (Å²) in [4.78, 5) is 4.34. The van der Waals surface area contributed by atoms with Crippen LogP contribution < -0.4 is 4.72 Å².